The number of ether oxygens (including phenoxy) is 1. The number of amides is 1. The van der Waals surface area contributed by atoms with E-state index >= 15 is 0 Å². The number of hydrogen-bond acceptors (Lipinski definition) is 5. The highest BCUT2D eigenvalue weighted by Gasteiger charge is 2.32. The highest BCUT2D eigenvalue weighted by Crippen LogP contribution is 2.36. The van der Waals surface area contributed by atoms with Crippen molar-refractivity contribution in [3.8, 4) is 0 Å². The van der Waals surface area contributed by atoms with Gasteiger partial charge in [-0.2, -0.15) is 17.5 Å². The van der Waals surface area contributed by atoms with Crippen molar-refractivity contribution in [3.63, 3.8) is 0 Å². The Kier molecular flexibility index (Phi) is 6.64. The number of nitrogens with zero attached hydrogens (tertiary/aromatic N) is 2. The van der Waals surface area contributed by atoms with Crippen LogP contribution in [-0.2, 0) is 20.9 Å². The Morgan fingerprint density at radius 3 is 2.18 bits per heavy atom. The molecule has 4 rings (SSSR count). The molecule has 2 fully saturated rings. The molecule has 0 saturated carbocycles. The summed E-state index contributed by atoms with van der Waals surface area (Å²) >= 11 is 0. The number of hydrogen-bond donors (Lipinski definition) is 1. The molecule has 33 heavy (non-hydrogen) atoms. The monoisotopic (exact) mass is 483 g/mol. The van der Waals surface area contributed by atoms with E-state index in [1.165, 1.54) is 34.6 Å². The molecule has 2 aromatic carbocycles. The van der Waals surface area contributed by atoms with Gasteiger partial charge in [-0.1, -0.05) is 0 Å². The Morgan fingerprint density at radius 1 is 0.939 bits per heavy atom. The second kappa shape index (κ2) is 9.32. The fourth-order valence-electron chi connectivity index (χ4n) is 3.94. The number of carbonyl (C=O) groups excluding carboxylic acids is 1. The lowest BCUT2D eigenvalue weighted by Gasteiger charge is -2.31. The zero-order valence-corrected chi connectivity index (χ0v) is 18.6. The highest BCUT2D eigenvalue weighted by molar-refractivity contribution is 7.89. The lowest BCUT2D eigenvalue weighted by atomic mass is 10.1. The molecule has 0 atom stereocenters. The first kappa shape index (κ1) is 23.5. The minimum absolute atomic E-state index is 0.0329. The molecule has 7 nitrogen and oxygen atoms in total. The number of nitrogens with one attached hydrogen (secondary N) is 1. The molecule has 11 heteroatoms. The number of rotatable bonds is 5. The van der Waals surface area contributed by atoms with Gasteiger partial charge in [-0.05, 0) is 55.3 Å². The maximum atomic E-state index is 13.3. The molecule has 2 aliphatic heterocycles. The van der Waals surface area contributed by atoms with E-state index in [-0.39, 0.29) is 16.1 Å². The van der Waals surface area contributed by atoms with Gasteiger partial charge in [-0.25, -0.2) is 8.42 Å². The van der Waals surface area contributed by atoms with Crippen molar-refractivity contribution in [2.45, 2.75) is 23.9 Å². The first-order valence-corrected chi connectivity index (χ1v) is 12.1. The minimum Gasteiger partial charge on any atom is -0.378 e. The molecule has 0 bridgehead atoms. The van der Waals surface area contributed by atoms with E-state index in [4.69, 9.17) is 4.74 Å². The predicted octanol–water partition coefficient (Wildman–Crippen LogP) is 3.58. The summed E-state index contributed by atoms with van der Waals surface area (Å²) < 4.78 is 71.9. The molecular formula is C22H24F3N3O4S. The van der Waals surface area contributed by atoms with Crippen LogP contribution in [0.25, 0.3) is 0 Å². The van der Waals surface area contributed by atoms with Crippen molar-refractivity contribution < 1.29 is 31.1 Å². The van der Waals surface area contributed by atoms with E-state index in [2.05, 4.69) is 5.32 Å². The number of benzene rings is 2. The molecular weight excluding hydrogens is 459 g/mol. The Bertz CT molecular complexity index is 1110. The van der Waals surface area contributed by atoms with Crippen molar-refractivity contribution in [1.29, 1.82) is 0 Å². The third-order valence-corrected chi connectivity index (χ3v) is 7.66. The molecule has 2 aromatic rings. The average Bonchev–Trinajstić information content (AvgIpc) is 3.35. The third-order valence-electron chi connectivity index (χ3n) is 5.74. The number of halogens is 3. The van der Waals surface area contributed by atoms with Crippen LogP contribution in [0.15, 0.2) is 47.4 Å². The van der Waals surface area contributed by atoms with Gasteiger partial charge in [-0.15, -0.1) is 0 Å². The van der Waals surface area contributed by atoms with Gasteiger partial charge in [0.1, 0.15) is 0 Å². The number of alkyl halides is 3. The number of anilines is 2. The molecule has 178 valence electrons. The second-order valence-corrected chi connectivity index (χ2v) is 9.86. The Labute approximate surface area is 190 Å². The molecule has 0 unspecified atom stereocenters. The van der Waals surface area contributed by atoms with Crippen LogP contribution in [0.5, 0.6) is 0 Å². The topological polar surface area (TPSA) is 79.0 Å². The van der Waals surface area contributed by atoms with E-state index in [0.717, 1.165) is 25.0 Å². The first-order valence-electron chi connectivity index (χ1n) is 10.6. The van der Waals surface area contributed by atoms with Crippen molar-refractivity contribution in [2.75, 3.05) is 49.6 Å². The summed E-state index contributed by atoms with van der Waals surface area (Å²) in [4.78, 5) is 14.8. The van der Waals surface area contributed by atoms with Crippen molar-refractivity contribution in [1.82, 2.24) is 4.31 Å². The maximum Gasteiger partial charge on any atom is 0.416 e. The third kappa shape index (κ3) is 5.15. The Balaban J connectivity index is 1.58. The summed E-state index contributed by atoms with van der Waals surface area (Å²) in [5.41, 5.74) is -0.235. The van der Waals surface area contributed by atoms with E-state index < -0.39 is 27.7 Å². The van der Waals surface area contributed by atoms with Crippen LogP contribution in [0.2, 0.25) is 0 Å². The van der Waals surface area contributed by atoms with E-state index in [0.29, 0.717) is 45.1 Å². The zero-order chi connectivity index (χ0) is 23.6. The van der Waals surface area contributed by atoms with Crippen molar-refractivity contribution in [3.05, 3.63) is 53.6 Å². The summed E-state index contributed by atoms with van der Waals surface area (Å²) in [7, 11) is -3.63. The largest absolute Gasteiger partial charge is 0.416 e. The predicted molar refractivity (Wildman–Crippen MR) is 117 cm³/mol. The van der Waals surface area contributed by atoms with Gasteiger partial charge < -0.3 is 15.0 Å². The standard InChI is InChI=1S/C22H24F3N3O4S/c23-22(24,25)17-5-8-20(27-11-13-32-14-12-27)19(15-17)26-21(29)16-3-6-18(7-4-16)33(30,31)28-9-1-2-10-28/h3-8,15H,1-2,9-14H2,(H,26,29). The van der Waals surface area contributed by atoms with Crippen LogP contribution in [0, 0.1) is 0 Å². The van der Waals surface area contributed by atoms with Gasteiger partial charge >= 0.3 is 6.18 Å². The fraction of sp³-hybridized carbons (Fsp3) is 0.409. The van der Waals surface area contributed by atoms with Crippen LogP contribution in [0.3, 0.4) is 0 Å². The summed E-state index contributed by atoms with van der Waals surface area (Å²) in [6.07, 6.45) is -2.95. The summed E-state index contributed by atoms with van der Waals surface area (Å²) in [5.74, 6) is -0.631. The van der Waals surface area contributed by atoms with Gasteiger partial charge in [-0.3, -0.25) is 4.79 Å². The van der Waals surface area contributed by atoms with Crippen molar-refractivity contribution >= 4 is 27.3 Å². The molecule has 0 aliphatic carbocycles. The molecule has 0 radical (unpaired) electrons. The van der Waals surface area contributed by atoms with Gasteiger partial charge in [0.25, 0.3) is 5.91 Å². The molecule has 1 amide bonds. The number of carbonyl (C=O) groups is 1. The van der Waals surface area contributed by atoms with E-state index in [1.807, 2.05) is 4.90 Å². The maximum absolute atomic E-state index is 13.3. The molecule has 2 heterocycles. The first-order chi connectivity index (χ1) is 15.7. The summed E-state index contributed by atoms with van der Waals surface area (Å²) in [5, 5.41) is 2.57. The van der Waals surface area contributed by atoms with Crippen LogP contribution in [-0.4, -0.2) is 58.0 Å². The van der Waals surface area contributed by atoms with Crippen molar-refractivity contribution in [2.24, 2.45) is 0 Å². The van der Waals surface area contributed by atoms with E-state index in [9.17, 15) is 26.4 Å². The Morgan fingerprint density at radius 2 is 1.58 bits per heavy atom. The second-order valence-electron chi connectivity index (χ2n) is 7.92. The highest BCUT2D eigenvalue weighted by atomic mass is 32.2. The lowest BCUT2D eigenvalue weighted by molar-refractivity contribution is -0.137. The van der Waals surface area contributed by atoms with Gasteiger partial charge in [0.15, 0.2) is 0 Å². The number of morpholine rings is 1. The minimum atomic E-state index is -4.56. The van der Waals surface area contributed by atoms with Crippen LogP contribution in [0.1, 0.15) is 28.8 Å². The SMILES string of the molecule is O=C(Nc1cc(C(F)(F)F)ccc1N1CCOCC1)c1ccc(S(=O)(=O)N2CCCC2)cc1. The fourth-order valence-corrected chi connectivity index (χ4v) is 5.46. The summed E-state index contributed by atoms with van der Waals surface area (Å²) in [6, 6.07) is 8.65. The van der Waals surface area contributed by atoms with Crippen LogP contribution in [0.4, 0.5) is 24.5 Å². The quantitative estimate of drug-likeness (QED) is 0.704. The molecule has 0 aromatic heterocycles. The molecule has 2 aliphatic rings. The van der Waals surface area contributed by atoms with Crippen LogP contribution < -0.4 is 10.2 Å². The number of sulfonamides is 1. The van der Waals surface area contributed by atoms with Gasteiger partial charge in [0, 0.05) is 31.7 Å². The zero-order valence-electron chi connectivity index (χ0n) is 17.8. The summed E-state index contributed by atoms with van der Waals surface area (Å²) in [6.45, 7) is 2.76. The lowest BCUT2D eigenvalue weighted by Crippen LogP contribution is -2.36. The molecule has 0 spiro atoms. The normalized spacial score (nSPS) is 17.8. The average molecular weight is 484 g/mol. The van der Waals surface area contributed by atoms with Gasteiger partial charge in [0.2, 0.25) is 10.0 Å². The van der Waals surface area contributed by atoms with Gasteiger partial charge in [0.05, 0.1) is 35.0 Å². The molecule has 1 N–H and O–H groups in total. The Hall–Kier alpha value is -2.63. The smallest absolute Gasteiger partial charge is 0.378 e. The van der Waals surface area contributed by atoms with E-state index in [1.54, 1.807) is 0 Å². The van der Waals surface area contributed by atoms with Crippen LogP contribution >= 0.6 is 0 Å². The molecule has 2 saturated heterocycles.